The van der Waals surface area contributed by atoms with Crippen LogP contribution in [0.2, 0.25) is 0 Å². The van der Waals surface area contributed by atoms with Crippen LogP contribution < -0.4 is 5.32 Å². The molecule has 1 amide bonds. The smallest absolute Gasteiger partial charge is 0.305 e. The molecule has 6 heteroatoms. The molecule has 0 fully saturated rings. The largest absolute Gasteiger partial charge is 0.466 e. The van der Waals surface area contributed by atoms with E-state index in [0.29, 0.717) is 25.9 Å². The third kappa shape index (κ3) is 57.7. The number of hydrogen-bond acceptors (Lipinski definition) is 5. The molecule has 0 aliphatic carbocycles. The predicted octanol–water partition coefficient (Wildman–Crippen LogP) is 20.4. The number of aliphatic hydroxyl groups excluding tert-OH is 2. The summed E-state index contributed by atoms with van der Waals surface area (Å²) in [6.45, 7) is 4.98. The highest BCUT2D eigenvalue weighted by Gasteiger charge is 2.20. The van der Waals surface area contributed by atoms with Gasteiger partial charge in [0.05, 0.1) is 25.4 Å². The molecule has 0 aliphatic heterocycles. The second-order valence-electron chi connectivity index (χ2n) is 22.5. The number of hydrogen-bond donors (Lipinski definition) is 3. The molecule has 0 aromatic rings. The van der Waals surface area contributed by atoms with Crippen molar-refractivity contribution in [2.75, 3.05) is 13.2 Å². The first kappa shape index (κ1) is 69.6. The molecule has 422 valence electrons. The maximum Gasteiger partial charge on any atom is 0.305 e. The van der Waals surface area contributed by atoms with Crippen LogP contribution in [-0.4, -0.2) is 47.4 Å². The lowest BCUT2D eigenvalue weighted by Crippen LogP contribution is -2.45. The third-order valence-corrected chi connectivity index (χ3v) is 15.3. The Morgan fingerprint density at radius 1 is 0.380 bits per heavy atom. The molecule has 2 unspecified atom stereocenters. The Kier molecular flexibility index (Phi) is 59.9. The van der Waals surface area contributed by atoms with Crippen molar-refractivity contribution in [3.63, 3.8) is 0 Å². The summed E-state index contributed by atoms with van der Waals surface area (Å²) in [5.41, 5.74) is 0. The monoisotopic (exact) mass is 1000 g/mol. The van der Waals surface area contributed by atoms with Gasteiger partial charge in [0.1, 0.15) is 0 Å². The van der Waals surface area contributed by atoms with E-state index < -0.39 is 12.1 Å². The lowest BCUT2D eigenvalue weighted by atomic mass is 10.0. The summed E-state index contributed by atoms with van der Waals surface area (Å²) < 4.78 is 5.50. The number of nitrogens with one attached hydrogen (secondary N) is 1. The van der Waals surface area contributed by atoms with Crippen molar-refractivity contribution in [3.8, 4) is 0 Å². The molecule has 3 N–H and O–H groups in total. The van der Waals surface area contributed by atoms with E-state index in [1.54, 1.807) is 0 Å². The van der Waals surface area contributed by atoms with Crippen LogP contribution in [0.5, 0.6) is 0 Å². The van der Waals surface area contributed by atoms with Crippen LogP contribution in [0.4, 0.5) is 0 Å². The van der Waals surface area contributed by atoms with Crippen LogP contribution in [0, 0.1) is 0 Å². The molecule has 0 spiro atoms. The molecule has 6 nitrogen and oxygen atoms in total. The van der Waals surface area contributed by atoms with Crippen LogP contribution in [0.15, 0.2) is 12.2 Å². The highest BCUT2D eigenvalue weighted by Crippen LogP contribution is 2.18. The summed E-state index contributed by atoms with van der Waals surface area (Å²) in [4.78, 5) is 24.5. The fourth-order valence-electron chi connectivity index (χ4n) is 10.3. The fourth-order valence-corrected chi connectivity index (χ4v) is 10.3. The van der Waals surface area contributed by atoms with Crippen LogP contribution in [0.1, 0.15) is 367 Å². The standard InChI is InChI=1S/C65H127NO5/c1-3-5-7-9-11-13-15-17-18-28-32-35-39-43-47-51-55-59-65(70)71-60-56-52-48-44-40-36-33-30-27-25-23-21-19-20-22-24-26-29-31-34-38-42-46-50-54-58-64(69)66-62(61-67)63(68)57-53-49-45-41-37-16-14-12-10-8-6-4-2/h20,22,62-63,67-68H,3-19,21,23-61H2,1-2H3,(H,66,69)/b22-20-. The highest BCUT2D eigenvalue weighted by molar-refractivity contribution is 5.76. The Hall–Kier alpha value is -1.40. The van der Waals surface area contributed by atoms with Gasteiger partial charge in [0.15, 0.2) is 0 Å². The maximum absolute atomic E-state index is 12.5. The molecule has 0 aliphatic rings. The van der Waals surface area contributed by atoms with E-state index in [0.717, 1.165) is 38.5 Å². The van der Waals surface area contributed by atoms with Crippen molar-refractivity contribution in [2.24, 2.45) is 0 Å². The van der Waals surface area contributed by atoms with Crippen molar-refractivity contribution >= 4 is 11.9 Å². The molecule has 0 saturated carbocycles. The van der Waals surface area contributed by atoms with Crippen LogP contribution in [-0.2, 0) is 14.3 Å². The minimum atomic E-state index is -0.664. The molecule has 0 aromatic carbocycles. The van der Waals surface area contributed by atoms with Crippen LogP contribution in [0.3, 0.4) is 0 Å². The minimum absolute atomic E-state index is 0.0181. The Bertz CT molecular complexity index is 1060. The van der Waals surface area contributed by atoms with Gasteiger partial charge < -0.3 is 20.3 Å². The van der Waals surface area contributed by atoms with Crippen molar-refractivity contribution < 1.29 is 24.5 Å². The quantitative estimate of drug-likeness (QED) is 0.0320. The molecule has 0 heterocycles. The van der Waals surface area contributed by atoms with Crippen LogP contribution >= 0.6 is 0 Å². The molecular weight excluding hydrogens is 875 g/mol. The summed E-state index contributed by atoms with van der Waals surface area (Å²) in [6.07, 6.45) is 73.8. The number of ether oxygens (including phenoxy) is 1. The number of carbonyl (C=O) groups is 2. The molecular formula is C65H127NO5. The molecule has 2 atom stereocenters. The first-order valence-electron chi connectivity index (χ1n) is 32.4. The van der Waals surface area contributed by atoms with Crippen molar-refractivity contribution in [1.82, 2.24) is 5.32 Å². The maximum atomic E-state index is 12.5. The first-order chi connectivity index (χ1) is 35.0. The predicted molar refractivity (Wildman–Crippen MR) is 310 cm³/mol. The summed E-state index contributed by atoms with van der Waals surface area (Å²) in [6, 6.07) is -0.542. The number of esters is 1. The van der Waals surface area contributed by atoms with Gasteiger partial charge in [-0.25, -0.2) is 0 Å². The van der Waals surface area contributed by atoms with Crippen LogP contribution in [0.25, 0.3) is 0 Å². The summed E-state index contributed by atoms with van der Waals surface area (Å²) >= 11 is 0. The number of carbonyl (C=O) groups excluding carboxylic acids is 2. The van der Waals surface area contributed by atoms with Gasteiger partial charge in [-0.1, -0.05) is 315 Å². The van der Waals surface area contributed by atoms with E-state index in [9.17, 15) is 19.8 Å². The average Bonchev–Trinajstić information content (AvgIpc) is 3.37. The zero-order valence-electron chi connectivity index (χ0n) is 48.2. The number of amides is 1. The second-order valence-corrected chi connectivity index (χ2v) is 22.5. The lowest BCUT2D eigenvalue weighted by molar-refractivity contribution is -0.143. The minimum Gasteiger partial charge on any atom is -0.466 e. The SMILES string of the molecule is CCCCCCCCCCCCCCCCCCCC(=O)OCCCCCCCCCCCCCC/C=C\CCCCCCCCCCCC(=O)NC(CO)C(O)CCCCCCCCCCCCCC. The number of rotatable bonds is 61. The highest BCUT2D eigenvalue weighted by atomic mass is 16.5. The topological polar surface area (TPSA) is 95.9 Å². The number of aliphatic hydroxyl groups is 2. The van der Waals surface area contributed by atoms with Gasteiger partial charge in [-0.15, -0.1) is 0 Å². The molecule has 0 rings (SSSR count). The van der Waals surface area contributed by atoms with Gasteiger partial charge in [-0.05, 0) is 51.4 Å². The molecule has 71 heavy (non-hydrogen) atoms. The van der Waals surface area contributed by atoms with Gasteiger partial charge in [-0.2, -0.15) is 0 Å². The second kappa shape index (κ2) is 61.1. The van der Waals surface area contributed by atoms with Gasteiger partial charge in [0.25, 0.3) is 0 Å². The Labute approximate surface area is 444 Å². The van der Waals surface area contributed by atoms with Gasteiger partial charge in [0, 0.05) is 12.8 Å². The van der Waals surface area contributed by atoms with Gasteiger partial charge in [0.2, 0.25) is 5.91 Å². The number of allylic oxidation sites excluding steroid dienone is 2. The third-order valence-electron chi connectivity index (χ3n) is 15.3. The van der Waals surface area contributed by atoms with E-state index in [1.165, 1.54) is 295 Å². The first-order valence-corrected chi connectivity index (χ1v) is 32.4. The Morgan fingerprint density at radius 3 is 1.00 bits per heavy atom. The van der Waals surface area contributed by atoms with Crippen molar-refractivity contribution in [1.29, 1.82) is 0 Å². The molecule has 0 bridgehead atoms. The number of unbranched alkanes of at least 4 members (excludes halogenated alkanes) is 48. The zero-order valence-corrected chi connectivity index (χ0v) is 48.2. The summed E-state index contributed by atoms with van der Waals surface area (Å²) in [7, 11) is 0. The zero-order chi connectivity index (χ0) is 51.4. The fraction of sp³-hybridized carbons (Fsp3) is 0.938. The van der Waals surface area contributed by atoms with Gasteiger partial charge >= 0.3 is 5.97 Å². The average molecular weight is 1000 g/mol. The van der Waals surface area contributed by atoms with E-state index in [4.69, 9.17) is 4.74 Å². The van der Waals surface area contributed by atoms with E-state index in [-0.39, 0.29) is 18.5 Å². The van der Waals surface area contributed by atoms with Crippen molar-refractivity contribution in [2.45, 2.75) is 379 Å². The van der Waals surface area contributed by atoms with Crippen molar-refractivity contribution in [3.05, 3.63) is 12.2 Å². The molecule has 0 saturated heterocycles. The summed E-state index contributed by atoms with van der Waals surface area (Å²) in [5, 5.41) is 23.2. The molecule has 0 radical (unpaired) electrons. The Balaban J connectivity index is 3.35. The van der Waals surface area contributed by atoms with E-state index >= 15 is 0 Å². The summed E-state index contributed by atoms with van der Waals surface area (Å²) in [5.74, 6) is -0.0186. The van der Waals surface area contributed by atoms with Gasteiger partial charge in [-0.3, -0.25) is 9.59 Å². The normalized spacial score (nSPS) is 12.6. The molecule has 0 aromatic heterocycles. The van der Waals surface area contributed by atoms with E-state index in [2.05, 4.69) is 31.3 Å². The Morgan fingerprint density at radius 2 is 0.662 bits per heavy atom. The lowest BCUT2D eigenvalue weighted by Gasteiger charge is -2.22. The van der Waals surface area contributed by atoms with E-state index in [1.807, 2.05) is 0 Å².